The minimum absolute atomic E-state index is 0.0565. The zero-order chi connectivity index (χ0) is 26.5. The number of esters is 2. The number of ether oxygens (including phenoxy) is 3. The van der Waals surface area contributed by atoms with E-state index in [1.165, 1.54) is 64.7 Å². The summed E-state index contributed by atoms with van der Waals surface area (Å²) in [6.07, 6.45) is 14.7. The van der Waals surface area contributed by atoms with Crippen LogP contribution in [0.2, 0.25) is 0 Å². The topological polar surface area (TPSA) is 99.1 Å². The summed E-state index contributed by atoms with van der Waals surface area (Å²) in [5, 5.41) is 9.39. The zero-order valence-corrected chi connectivity index (χ0v) is 23.0. The number of quaternary nitrogens is 1. The van der Waals surface area contributed by atoms with Crippen LogP contribution in [0.5, 0.6) is 0 Å². The molecule has 8 nitrogen and oxygen atoms in total. The Hall–Kier alpha value is -1.67. The van der Waals surface area contributed by atoms with Crippen LogP contribution in [-0.2, 0) is 28.6 Å². The summed E-state index contributed by atoms with van der Waals surface area (Å²) in [4.78, 5) is 34.9. The molecule has 0 aliphatic heterocycles. The second kappa shape index (κ2) is 20.5. The van der Waals surface area contributed by atoms with Gasteiger partial charge in [0.15, 0.2) is 12.1 Å². The van der Waals surface area contributed by atoms with E-state index in [0.29, 0.717) is 12.8 Å². The molecule has 2 unspecified atom stereocenters. The van der Waals surface area contributed by atoms with E-state index in [1.54, 1.807) is 0 Å². The van der Waals surface area contributed by atoms with Crippen molar-refractivity contribution in [2.75, 3.05) is 41.0 Å². The molecule has 0 fully saturated rings. The van der Waals surface area contributed by atoms with Crippen LogP contribution in [-0.4, -0.2) is 80.6 Å². The van der Waals surface area contributed by atoms with Crippen molar-refractivity contribution >= 4 is 17.9 Å². The number of carboxylic acids is 1. The molecule has 0 aliphatic carbocycles. The summed E-state index contributed by atoms with van der Waals surface area (Å²) in [6, 6.07) is -0.602. The molecule has 0 radical (unpaired) electrons. The molecule has 206 valence electrons. The van der Waals surface area contributed by atoms with Crippen molar-refractivity contribution in [1.82, 2.24) is 0 Å². The van der Waals surface area contributed by atoms with Gasteiger partial charge in [0, 0.05) is 19.8 Å². The molecular weight excluding hydrogens is 450 g/mol. The first kappa shape index (κ1) is 33.3. The van der Waals surface area contributed by atoms with Crippen LogP contribution < -0.4 is 0 Å². The highest BCUT2D eigenvalue weighted by atomic mass is 16.6. The number of aliphatic carboxylic acids is 1. The quantitative estimate of drug-likeness (QED) is 0.118. The smallest absolute Gasteiger partial charge is 0.362 e. The normalized spacial score (nSPS) is 13.3. The van der Waals surface area contributed by atoms with Gasteiger partial charge >= 0.3 is 17.9 Å². The van der Waals surface area contributed by atoms with Crippen LogP contribution in [0.25, 0.3) is 0 Å². The number of carbonyl (C=O) groups is 3. The predicted octanol–water partition coefficient (Wildman–Crippen LogP) is 5.12. The molecule has 0 heterocycles. The molecule has 0 aliphatic rings. The van der Waals surface area contributed by atoms with Crippen LogP contribution >= 0.6 is 0 Å². The van der Waals surface area contributed by atoms with Gasteiger partial charge in [0.05, 0.1) is 34.4 Å². The Labute approximate surface area is 213 Å². The molecule has 2 atom stereocenters. The van der Waals surface area contributed by atoms with E-state index >= 15 is 0 Å². The van der Waals surface area contributed by atoms with Crippen LogP contribution in [0.1, 0.15) is 104 Å². The van der Waals surface area contributed by atoms with Gasteiger partial charge in [-0.05, 0) is 6.42 Å². The molecule has 0 aromatic heterocycles. The SMILES string of the molecule is CCCCCCCCCCCCCCC(=O)OC(COCCC(C(=O)O)[N+](C)(C)C)COC(C)=O. The Morgan fingerprint density at radius 1 is 0.800 bits per heavy atom. The Bertz CT molecular complexity index is 574. The highest BCUT2D eigenvalue weighted by Gasteiger charge is 2.31. The maximum absolute atomic E-state index is 12.2. The van der Waals surface area contributed by atoms with Crippen molar-refractivity contribution in [2.45, 2.75) is 116 Å². The van der Waals surface area contributed by atoms with Crippen molar-refractivity contribution in [3.63, 3.8) is 0 Å². The lowest BCUT2D eigenvalue weighted by molar-refractivity contribution is -0.887. The number of hydrogen-bond acceptors (Lipinski definition) is 6. The van der Waals surface area contributed by atoms with Crippen molar-refractivity contribution in [3.8, 4) is 0 Å². The summed E-state index contributed by atoms with van der Waals surface area (Å²) in [6.45, 7) is 3.73. The molecule has 0 saturated carbocycles. The Balaban J connectivity index is 4.09. The summed E-state index contributed by atoms with van der Waals surface area (Å²) < 4.78 is 16.3. The standard InChI is InChI=1S/C27H51NO7/c1-6-7-8-9-10-11-12-13-14-15-16-17-18-26(30)35-24(22-34-23(2)29)21-33-20-19-25(27(31)32)28(3,4)5/h24-25H,6-22H2,1-5H3/p+1. The van der Waals surface area contributed by atoms with Gasteiger partial charge in [0.25, 0.3) is 0 Å². The molecule has 0 aromatic rings. The van der Waals surface area contributed by atoms with Gasteiger partial charge in [0.1, 0.15) is 6.61 Å². The minimum Gasteiger partial charge on any atom is -0.477 e. The lowest BCUT2D eigenvalue weighted by atomic mass is 10.0. The molecule has 0 bridgehead atoms. The second-order valence-electron chi connectivity index (χ2n) is 10.4. The van der Waals surface area contributed by atoms with E-state index in [0.717, 1.165) is 19.3 Å². The maximum Gasteiger partial charge on any atom is 0.362 e. The first-order valence-corrected chi connectivity index (χ1v) is 13.5. The largest absolute Gasteiger partial charge is 0.477 e. The van der Waals surface area contributed by atoms with Crippen molar-refractivity contribution < 1.29 is 38.2 Å². The minimum atomic E-state index is -0.883. The fourth-order valence-electron chi connectivity index (χ4n) is 3.93. The van der Waals surface area contributed by atoms with Crippen molar-refractivity contribution in [2.24, 2.45) is 0 Å². The lowest BCUT2D eigenvalue weighted by Crippen LogP contribution is -2.50. The van der Waals surface area contributed by atoms with Gasteiger partial charge in [-0.3, -0.25) is 9.59 Å². The molecule has 0 aromatic carbocycles. The van der Waals surface area contributed by atoms with Gasteiger partial charge in [-0.15, -0.1) is 0 Å². The average Bonchev–Trinajstić information content (AvgIpc) is 2.76. The van der Waals surface area contributed by atoms with Gasteiger partial charge in [-0.25, -0.2) is 4.79 Å². The summed E-state index contributed by atoms with van der Waals surface area (Å²) >= 11 is 0. The molecule has 8 heteroatoms. The number of hydrogen-bond donors (Lipinski definition) is 1. The number of carbonyl (C=O) groups excluding carboxylic acids is 2. The van der Waals surface area contributed by atoms with E-state index < -0.39 is 24.1 Å². The number of unbranched alkanes of at least 4 members (excludes halogenated alkanes) is 11. The number of likely N-dealkylation sites (N-methyl/N-ethyl adjacent to an activating group) is 1. The lowest BCUT2D eigenvalue weighted by Gasteiger charge is -2.31. The molecule has 1 N–H and O–H groups in total. The van der Waals surface area contributed by atoms with Gasteiger partial charge in [-0.1, -0.05) is 77.6 Å². The highest BCUT2D eigenvalue weighted by Crippen LogP contribution is 2.13. The van der Waals surface area contributed by atoms with E-state index in [4.69, 9.17) is 14.2 Å². The van der Waals surface area contributed by atoms with Crippen LogP contribution in [0, 0.1) is 0 Å². The van der Waals surface area contributed by atoms with Gasteiger partial charge in [0.2, 0.25) is 0 Å². The Kier molecular flexibility index (Phi) is 19.5. The summed E-state index contributed by atoms with van der Waals surface area (Å²) in [5.74, 6) is -1.66. The zero-order valence-electron chi connectivity index (χ0n) is 23.0. The monoisotopic (exact) mass is 502 g/mol. The van der Waals surface area contributed by atoms with E-state index in [2.05, 4.69) is 6.92 Å². The average molecular weight is 503 g/mol. The second-order valence-corrected chi connectivity index (χ2v) is 10.4. The van der Waals surface area contributed by atoms with Gasteiger partial charge in [-0.2, -0.15) is 0 Å². The maximum atomic E-state index is 12.2. The molecule has 0 spiro atoms. The predicted molar refractivity (Wildman–Crippen MR) is 137 cm³/mol. The van der Waals surface area contributed by atoms with E-state index in [9.17, 15) is 19.5 Å². The highest BCUT2D eigenvalue weighted by molar-refractivity contribution is 5.72. The molecule has 35 heavy (non-hydrogen) atoms. The van der Waals surface area contributed by atoms with Crippen LogP contribution in [0.4, 0.5) is 0 Å². The fourth-order valence-corrected chi connectivity index (χ4v) is 3.93. The number of carboxylic acid groups (broad SMARTS) is 1. The summed E-state index contributed by atoms with van der Waals surface area (Å²) in [7, 11) is 5.46. The third kappa shape index (κ3) is 20.2. The molecule has 0 amide bonds. The molecule has 0 saturated heterocycles. The number of rotatable bonds is 23. The first-order valence-electron chi connectivity index (χ1n) is 13.5. The van der Waals surface area contributed by atoms with E-state index in [1.807, 2.05) is 21.1 Å². The Morgan fingerprint density at radius 2 is 1.31 bits per heavy atom. The van der Waals surface area contributed by atoms with Crippen molar-refractivity contribution in [3.05, 3.63) is 0 Å². The summed E-state index contributed by atoms with van der Waals surface area (Å²) in [5.41, 5.74) is 0. The van der Waals surface area contributed by atoms with Crippen LogP contribution in [0.3, 0.4) is 0 Å². The van der Waals surface area contributed by atoms with E-state index in [-0.39, 0.29) is 30.3 Å². The van der Waals surface area contributed by atoms with Crippen LogP contribution in [0.15, 0.2) is 0 Å². The van der Waals surface area contributed by atoms with Gasteiger partial charge < -0.3 is 23.8 Å². The third-order valence-electron chi connectivity index (χ3n) is 6.06. The van der Waals surface area contributed by atoms with Crippen molar-refractivity contribution in [1.29, 1.82) is 0 Å². The Morgan fingerprint density at radius 3 is 1.77 bits per heavy atom. The first-order chi connectivity index (χ1) is 16.6. The fraction of sp³-hybridized carbons (Fsp3) is 0.889. The molecular formula is C27H52NO7+. The third-order valence-corrected chi connectivity index (χ3v) is 6.06. The molecule has 0 rings (SSSR count). The number of nitrogens with zero attached hydrogens (tertiary/aromatic N) is 1.